The smallest absolute Gasteiger partial charge is 0.0541 e. The van der Waals surface area contributed by atoms with E-state index in [0.717, 1.165) is 6.42 Å². The van der Waals surface area contributed by atoms with Crippen LogP contribution < -0.4 is 0 Å². The molecule has 0 bridgehead atoms. The Morgan fingerprint density at radius 2 is 0.579 bits per heavy atom. The fourth-order valence-electron chi connectivity index (χ4n) is 12.1. The van der Waals surface area contributed by atoms with Crippen molar-refractivity contribution in [1.29, 1.82) is 0 Å². The maximum absolute atomic E-state index is 2.48. The van der Waals surface area contributed by atoms with Crippen molar-refractivity contribution in [2.45, 2.75) is 6.42 Å². The number of rotatable bonds is 8. The monoisotopic (exact) mass is 963 g/mol. The quantitative estimate of drug-likeness (QED) is 0.134. The topological polar surface area (TPSA) is 4.93 Å². The van der Waals surface area contributed by atoms with Crippen LogP contribution in [0.3, 0.4) is 0 Å². The Morgan fingerprint density at radius 1 is 0.211 bits per heavy atom. The summed E-state index contributed by atoms with van der Waals surface area (Å²) in [5.74, 6) is 0. The van der Waals surface area contributed by atoms with E-state index in [1.165, 1.54) is 149 Å². The predicted octanol–water partition coefficient (Wildman–Crippen LogP) is 20.3. The second-order valence-corrected chi connectivity index (χ2v) is 20.4. The van der Waals surface area contributed by atoms with Gasteiger partial charge in [-0.1, -0.05) is 243 Å². The van der Waals surface area contributed by atoms with Crippen LogP contribution in [0.2, 0.25) is 0 Å². The molecule has 0 amide bonds. The van der Waals surface area contributed by atoms with Crippen LogP contribution in [0.25, 0.3) is 138 Å². The summed E-state index contributed by atoms with van der Waals surface area (Å²) in [5, 5.41) is 7.63. The molecule has 0 N–H and O–H groups in total. The zero-order chi connectivity index (χ0) is 50.1. The minimum Gasteiger partial charge on any atom is -0.309 e. The Balaban J connectivity index is 0.793. The number of aromatic nitrogens is 1. The first-order valence-corrected chi connectivity index (χ1v) is 26.4. The first kappa shape index (κ1) is 43.7. The van der Waals surface area contributed by atoms with E-state index in [-0.39, 0.29) is 0 Å². The standard InChI is InChI=1S/C75H49N/c1-3-11-49(12-4-1)51-19-23-53(24-20-51)55-27-31-57(32-28-55)59-36-41-74-72(46-59)73-47-60(58-33-29-56(30-34-58)54-25-21-52(22-26-54)50-13-5-2-6-14-50)37-42-75(73)76(74)65-38-40-68-64(45-65)44-63-43-62(35-39-67(63)68)71-48-61-15-7-8-16-66(61)69-17-9-10-18-70(69)71/h1-43,45-48H,44H2. The minimum atomic E-state index is 0.892. The molecule has 0 aliphatic heterocycles. The van der Waals surface area contributed by atoms with Crippen molar-refractivity contribution in [3.63, 3.8) is 0 Å². The van der Waals surface area contributed by atoms with Crippen molar-refractivity contribution in [2.75, 3.05) is 0 Å². The van der Waals surface area contributed by atoms with Gasteiger partial charge in [-0.2, -0.15) is 0 Å². The van der Waals surface area contributed by atoms with Gasteiger partial charge < -0.3 is 4.57 Å². The molecule has 14 aromatic rings. The highest BCUT2D eigenvalue weighted by Gasteiger charge is 2.22. The summed E-state index contributed by atoms with van der Waals surface area (Å²) in [6.45, 7) is 0. The molecule has 0 spiro atoms. The lowest BCUT2D eigenvalue weighted by Gasteiger charge is -2.12. The zero-order valence-corrected chi connectivity index (χ0v) is 41.8. The SMILES string of the molecule is c1ccc(-c2ccc(-c3ccc(-c4ccc5c(c4)c4cc(-c6ccc(-c7ccc(-c8ccccc8)cc7)cc6)ccc4n5-c4ccc5c(c4)Cc4cc(-c6cc7ccccc7c7ccccc67)ccc4-5)cc3)cc2)cc1. The van der Waals surface area contributed by atoms with Crippen LogP contribution in [0, 0.1) is 0 Å². The summed E-state index contributed by atoms with van der Waals surface area (Å²) in [7, 11) is 0. The lowest BCUT2D eigenvalue weighted by molar-refractivity contribution is 1.16. The van der Waals surface area contributed by atoms with Gasteiger partial charge in [0.2, 0.25) is 0 Å². The number of fused-ring (bicyclic) bond motifs is 9. The van der Waals surface area contributed by atoms with Gasteiger partial charge in [0.1, 0.15) is 0 Å². The molecular formula is C75H49N. The summed E-state index contributed by atoms with van der Waals surface area (Å²) in [6, 6.07) is 105. The van der Waals surface area contributed by atoms with Crippen molar-refractivity contribution < 1.29 is 0 Å². The first-order valence-electron chi connectivity index (χ1n) is 26.4. The van der Waals surface area contributed by atoms with Gasteiger partial charge in [-0.05, 0) is 171 Å². The number of nitrogens with zero attached hydrogens (tertiary/aromatic N) is 1. The normalized spacial score (nSPS) is 11.9. The van der Waals surface area contributed by atoms with E-state index in [1.807, 2.05) is 0 Å². The van der Waals surface area contributed by atoms with Gasteiger partial charge in [0.25, 0.3) is 0 Å². The van der Waals surface area contributed by atoms with Crippen molar-refractivity contribution in [3.8, 4) is 94.7 Å². The summed E-state index contributed by atoms with van der Waals surface area (Å²) >= 11 is 0. The van der Waals surface area contributed by atoms with Gasteiger partial charge in [-0.25, -0.2) is 0 Å². The molecule has 76 heavy (non-hydrogen) atoms. The molecular weight excluding hydrogens is 915 g/mol. The highest BCUT2D eigenvalue weighted by molar-refractivity contribution is 6.14. The van der Waals surface area contributed by atoms with Crippen molar-refractivity contribution in [1.82, 2.24) is 4.57 Å². The fraction of sp³-hybridized carbons (Fsp3) is 0.0133. The van der Waals surface area contributed by atoms with Gasteiger partial charge >= 0.3 is 0 Å². The average Bonchev–Trinajstić information content (AvgIpc) is 4.10. The number of benzene rings is 13. The number of hydrogen-bond donors (Lipinski definition) is 0. The van der Waals surface area contributed by atoms with E-state index in [0.29, 0.717) is 0 Å². The van der Waals surface area contributed by atoms with Crippen molar-refractivity contribution in [3.05, 3.63) is 296 Å². The maximum Gasteiger partial charge on any atom is 0.0541 e. The van der Waals surface area contributed by atoms with Crippen LogP contribution in [0.15, 0.2) is 285 Å². The van der Waals surface area contributed by atoms with Gasteiger partial charge in [-0.15, -0.1) is 0 Å². The summed E-state index contributed by atoms with van der Waals surface area (Å²) in [4.78, 5) is 0. The Morgan fingerprint density at radius 3 is 1.08 bits per heavy atom. The van der Waals surface area contributed by atoms with E-state index in [2.05, 4.69) is 290 Å². The second-order valence-electron chi connectivity index (χ2n) is 20.4. The molecule has 15 rings (SSSR count). The lowest BCUT2D eigenvalue weighted by Crippen LogP contribution is -1.95. The molecule has 13 aromatic carbocycles. The van der Waals surface area contributed by atoms with E-state index in [4.69, 9.17) is 0 Å². The van der Waals surface area contributed by atoms with Crippen molar-refractivity contribution >= 4 is 43.4 Å². The zero-order valence-electron chi connectivity index (χ0n) is 41.8. The molecule has 1 heteroatoms. The summed E-state index contributed by atoms with van der Waals surface area (Å²) in [5.41, 5.74) is 26.1. The fourth-order valence-corrected chi connectivity index (χ4v) is 12.1. The molecule has 0 saturated carbocycles. The van der Waals surface area contributed by atoms with Crippen LogP contribution in [-0.4, -0.2) is 4.57 Å². The van der Waals surface area contributed by atoms with Gasteiger partial charge in [0.05, 0.1) is 11.0 Å². The average molecular weight is 964 g/mol. The largest absolute Gasteiger partial charge is 0.309 e. The molecule has 0 unspecified atom stereocenters. The molecule has 354 valence electrons. The molecule has 1 nitrogen and oxygen atoms in total. The highest BCUT2D eigenvalue weighted by atomic mass is 15.0. The van der Waals surface area contributed by atoms with Crippen LogP contribution >= 0.6 is 0 Å². The minimum absolute atomic E-state index is 0.892. The second kappa shape index (κ2) is 18.0. The van der Waals surface area contributed by atoms with Gasteiger partial charge in [-0.3, -0.25) is 0 Å². The van der Waals surface area contributed by atoms with E-state index >= 15 is 0 Å². The maximum atomic E-state index is 2.48. The molecule has 0 saturated heterocycles. The van der Waals surface area contributed by atoms with E-state index < -0.39 is 0 Å². The van der Waals surface area contributed by atoms with Crippen LogP contribution in [0.4, 0.5) is 0 Å². The third kappa shape index (κ3) is 7.55. The van der Waals surface area contributed by atoms with Crippen molar-refractivity contribution in [2.24, 2.45) is 0 Å². The molecule has 1 aliphatic rings. The van der Waals surface area contributed by atoms with E-state index in [1.54, 1.807) is 0 Å². The third-order valence-corrected chi connectivity index (χ3v) is 16.1. The Hall–Kier alpha value is -9.82. The lowest BCUT2D eigenvalue weighted by atomic mass is 9.92. The van der Waals surface area contributed by atoms with Crippen LogP contribution in [0.1, 0.15) is 11.1 Å². The molecule has 0 fully saturated rings. The Bertz CT molecular complexity index is 4340. The molecule has 0 radical (unpaired) electrons. The third-order valence-electron chi connectivity index (χ3n) is 16.1. The summed E-state index contributed by atoms with van der Waals surface area (Å²) < 4.78 is 2.48. The summed E-state index contributed by atoms with van der Waals surface area (Å²) in [6.07, 6.45) is 0.892. The molecule has 1 aromatic heterocycles. The Labute approximate surface area is 442 Å². The molecule has 1 heterocycles. The highest BCUT2D eigenvalue weighted by Crippen LogP contribution is 2.44. The Kier molecular flexibility index (Phi) is 10.3. The van der Waals surface area contributed by atoms with Crippen LogP contribution in [0.5, 0.6) is 0 Å². The predicted molar refractivity (Wildman–Crippen MR) is 322 cm³/mol. The van der Waals surface area contributed by atoms with Gasteiger partial charge in [0.15, 0.2) is 0 Å². The molecule has 0 atom stereocenters. The van der Waals surface area contributed by atoms with E-state index in [9.17, 15) is 0 Å². The first-order chi connectivity index (χ1) is 37.6. The van der Waals surface area contributed by atoms with Gasteiger partial charge in [0, 0.05) is 16.5 Å². The molecule has 1 aliphatic carbocycles. The number of hydrogen-bond acceptors (Lipinski definition) is 0. The van der Waals surface area contributed by atoms with Crippen LogP contribution in [-0.2, 0) is 6.42 Å².